The number of rotatable bonds is 2. The van der Waals surface area contributed by atoms with Gasteiger partial charge in [-0.3, -0.25) is 0 Å². The molecule has 0 amide bonds. The van der Waals surface area contributed by atoms with Crippen molar-refractivity contribution >= 4 is 0 Å². The van der Waals surface area contributed by atoms with Crippen LogP contribution >= 0.6 is 0 Å². The van der Waals surface area contributed by atoms with E-state index in [2.05, 4.69) is 23.8 Å². The number of hydrogen-bond acceptors (Lipinski definition) is 2. The van der Waals surface area contributed by atoms with Gasteiger partial charge in [0, 0.05) is 18.3 Å². The monoisotopic (exact) mass is 150 g/mol. The van der Waals surface area contributed by atoms with Gasteiger partial charge in [-0.2, -0.15) is 0 Å². The summed E-state index contributed by atoms with van der Waals surface area (Å²) < 4.78 is 0. The second-order valence-corrected chi connectivity index (χ2v) is 3.21. The SMILES string of the molecule is Cc1ccnc(CC(C)C)n1. The van der Waals surface area contributed by atoms with Crippen LogP contribution in [0.3, 0.4) is 0 Å². The highest BCUT2D eigenvalue weighted by Crippen LogP contribution is 2.02. The van der Waals surface area contributed by atoms with Gasteiger partial charge in [0.15, 0.2) is 0 Å². The summed E-state index contributed by atoms with van der Waals surface area (Å²) in [5.74, 6) is 1.59. The molecule has 2 heteroatoms. The van der Waals surface area contributed by atoms with Gasteiger partial charge in [0.2, 0.25) is 0 Å². The average Bonchev–Trinajstić information content (AvgIpc) is 1.85. The molecule has 0 aliphatic carbocycles. The summed E-state index contributed by atoms with van der Waals surface area (Å²) in [5, 5.41) is 0. The second-order valence-electron chi connectivity index (χ2n) is 3.21. The van der Waals surface area contributed by atoms with Gasteiger partial charge in [0.05, 0.1) is 0 Å². The summed E-state index contributed by atoms with van der Waals surface area (Å²) >= 11 is 0. The molecular weight excluding hydrogens is 136 g/mol. The minimum Gasteiger partial charge on any atom is -0.241 e. The Balaban J connectivity index is 2.71. The molecule has 1 heterocycles. The average molecular weight is 150 g/mol. The lowest BCUT2D eigenvalue weighted by molar-refractivity contribution is 0.619. The molecule has 0 unspecified atom stereocenters. The van der Waals surface area contributed by atoms with E-state index in [0.29, 0.717) is 5.92 Å². The first-order chi connectivity index (χ1) is 5.18. The molecular formula is C9H14N2. The van der Waals surface area contributed by atoms with Gasteiger partial charge < -0.3 is 0 Å². The van der Waals surface area contributed by atoms with Crippen molar-refractivity contribution in [1.82, 2.24) is 9.97 Å². The van der Waals surface area contributed by atoms with Crippen LogP contribution in [0.4, 0.5) is 0 Å². The number of aryl methyl sites for hydroxylation is 1. The summed E-state index contributed by atoms with van der Waals surface area (Å²) in [7, 11) is 0. The van der Waals surface area contributed by atoms with Crippen molar-refractivity contribution in [3.05, 3.63) is 23.8 Å². The third-order valence-corrected chi connectivity index (χ3v) is 1.44. The van der Waals surface area contributed by atoms with Crippen molar-refractivity contribution in [2.45, 2.75) is 27.2 Å². The highest BCUT2D eigenvalue weighted by molar-refractivity contribution is 4.99. The lowest BCUT2D eigenvalue weighted by Crippen LogP contribution is -2.00. The Morgan fingerprint density at radius 1 is 1.45 bits per heavy atom. The Hall–Kier alpha value is -0.920. The van der Waals surface area contributed by atoms with Crippen LogP contribution in [-0.4, -0.2) is 9.97 Å². The Kier molecular flexibility index (Phi) is 2.58. The van der Waals surface area contributed by atoms with Gasteiger partial charge in [-0.15, -0.1) is 0 Å². The van der Waals surface area contributed by atoms with Gasteiger partial charge in [0.25, 0.3) is 0 Å². The predicted octanol–water partition coefficient (Wildman–Crippen LogP) is 1.98. The van der Waals surface area contributed by atoms with Gasteiger partial charge in [-0.25, -0.2) is 9.97 Å². The van der Waals surface area contributed by atoms with Crippen molar-refractivity contribution in [2.75, 3.05) is 0 Å². The van der Waals surface area contributed by atoms with E-state index in [1.54, 1.807) is 0 Å². The van der Waals surface area contributed by atoms with Gasteiger partial charge in [0.1, 0.15) is 5.82 Å². The summed E-state index contributed by atoms with van der Waals surface area (Å²) in [4.78, 5) is 8.47. The minimum absolute atomic E-state index is 0.636. The summed E-state index contributed by atoms with van der Waals surface area (Å²) in [6.45, 7) is 6.34. The smallest absolute Gasteiger partial charge is 0.128 e. The van der Waals surface area contributed by atoms with Crippen LogP contribution < -0.4 is 0 Å². The first-order valence-electron chi connectivity index (χ1n) is 3.97. The van der Waals surface area contributed by atoms with E-state index in [0.717, 1.165) is 17.9 Å². The normalized spacial score (nSPS) is 10.5. The van der Waals surface area contributed by atoms with Crippen LogP contribution in [-0.2, 0) is 6.42 Å². The molecule has 0 radical (unpaired) electrons. The van der Waals surface area contributed by atoms with Gasteiger partial charge >= 0.3 is 0 Å². The molecule has 0 fully saturated rings. The molecule has 0 aliphatic heterocycles. The van der Waals surface area contributed by atoms with Crippen LogP contribution in [0.25, 0.3) is 0 Å². The molecule has 0 saturated heterocycles. The van der Waals surface area contributed by atoms with Crippen molar-refractivity contribution < 1.29 is 0 Å². The first kappa shape index (κ1) is 8.18. The van der Waals surface area contributed by atoms with E-state index in [4.69, 9.17) is 0 Å². The van der Waals surface area contributed by atoms with Crippen LogP contribution in [0.15, 0.2) is 12.3 Å². The molecule has 60 valence electrons. The van der Waals surface area contributed by atoms with E-state index in [1.165, 1.54) is 0 Å². The fourth-order valence-electron chi connectivity index (χ4n) is 0.964. The van der Waals surface area contributed by atoms with Crippen molar-refractivity contribution in [3.63, 3.8) is 0 Å². The Morgan fingerprint density at radius 3 is 2.73 bits per heavy atom. The lowest BCUT2D eigenvalue weighted by atomic mass is 10.1. The molecule has 0 N–H and O–H groups in total. The van der Waals surface area contributed by atoms with E-state index < -0.39 is 0 Å². The lowest BCUT2D eigenvalue weighted by Gasteiger charge is -2.02. The molecule has 11 heavy (non-hydrogen) atoms. The topological polar surface area (TPSA) is 25.8 Å². The minimum atomic E-state index is 0.636. The third kappa shape index (κ3) is 2.66. The van der Waals surface area contributed by atoms with Gasteiger partial charge in [-0.1, -0.05) is 13.8 Å². The van der Waals surface area contributed by atoms with E-state index in [1.807, 2.05) is 19.2 Å². The molecule has 0 aromatic carbocycles. The zero-order valence-electron chi connectivity index (χ0n) is 7.33. The van der Waals surface area contributed by atoms with E-state index in [9.17, 15) is 0 Å². The zero-order valence-corrected chi connectivity index (χ0v) is 7.33. The number of aromatic nitrogens is 2. The van der Waals surface area contributed by atoms with Crippen LogP contribution in [0, 0.1) is 12.8 Å². The molecule has 0 bridgehead atoms. The van der Waals surface area contributed by atoms with Crippen molar-refractivity contribution in [1.29, 1.82) is 0 Å². The van der Waals surface area contributed by atoms with Crippen molar-refractivity contribution in [2.24, 2.45) is 5.92 Å². The first-order valence-corrected chi connectivity index (χ1v) is 3.97. The molecule has 1 aromatic rings. The molecule has 1 rings (SSSR count). The highest BCUT2D eigenvalue weighted by atomic mass is 14.9. The molecule has 0 spiro atoms. The Morgan fingerprint density at radius 2 is 2.18 bits per heavy atom. The number of hydrogen-bond donors (Lipinski definition) is 0. The maximum atomic E-state index is 4.30. The maximum Gasteiger partial charge on any atom is 0.128 e. The second kappa shape index (κ2) is 3.46. The molecule has 1 aromatic heterocycles. The standard InChI is InChI=1S/C9H14N2/c1-7(2)6-9-10-5-4-8(3)11-9/h4-5,7H,6H2,1-3H3. The van der Waals surface area contributed by atoms with E-state index in [-0.39, 0.29) is 0 Å². The fraction of sp³-hybridized carbons (Fsp3) is 0.556. The number of nitrogens with zero attached hydrogens (tertiary/aromatic N) is 2. The van der Waals surface area contributed by atoms with Gasteiger partial charge in [-0.05, 0) is 18.9 Å². The van der Waals surface area contributed by atoms with Crippen molar-refractivity contribution in [3.8, 4) is 0 Å². The van der Waals surface area contributed by atoms with Crippen LogP contribution in [0.2, 0.25) is 0 Å². The highest BCUT2D eigenvalue weighted by Gasteiger charge is 1.99. The molecule has 2 nitrogen and oxygen atoms in total. The predicted molar refractivity (Wildman–Crippen MR) is 45.3 cm³/mol. The van der Waals surface area contributed by atoms with Crippen LogP contribution in [0.1, 0.15) is 25.4 Å². The maximum absolute atomic E-state index is 4.30. The quantitative estimate of drug-likeness (QED) is 0.644. The fourth-order valence-corrected chi connectivity index (χ4v) is 0.964. The Labute approximate surface area is 67.7 Å². The molecule has 0 atom stereocenters. The molecule has 0 saturated carbocycles. The Bertz CT molecular complexity index is 231. The summed E-state index contributed by atoms with van der Waals surface area (Å²) in [6, 6.07) is 1.92. The van der Waals surface area contributed by atoms with E-state index >= 15 is 0 Å². The largest absolute Gasteiger partial charge is 0.241 e. The summed E-state index contributed by atoms with van der Waals surface area (Å²) in [6.07, 6.45) is 2.79. The van der Waals surface area contributed by atoms with Crippen LogP contribution in [0.5, 0.6) is 0 Å². The summed E-state index contributed by atoms with van der Waals surface area (Å²) in [5.41, 5.74) is 1.05. The zero-order chi connectivity index (χ0) is 8.27. The third-order valence-electron chi connectivity index (χ3n) is 1.44. The molecule has 0 aliphatic rings.